The molecule has 0 saturated heterocycles. The summed E-state index contributed by atoms with van der Waals surface area (Å²) in [4.78, 5) is 24.5. The first-order valence-corrected chi connectivity index (χ1v) is 10.2. The first-order chi connectivity index (χ1) is 11.8. The van der Waals surface area contributed by atoms with Gasteiger partial charge in [-0.2, -0.15) is 0 Å². The Labute approximate surface area is 148 Å². The second kappa shape index (κ2) is 8.33. The average Bonchev–Trinajstić information content (AvgIpc) is 2.54. The van der Waals surface area contributed by atoms with Gasteiger partial charge in [0.25, 0.3) is 5.91 Å². The van der Waals surface area contributed by atoms with E-state index in [9.17, 15) is 18.0 Å². The van der Waals surface area contributed by atoms with Crippen molar-refractivity contribution >= 4 is 27.6 Å². The number of esters is 1. The van der Waals surface area contributed by atoms with Crippen molar-refractivity contribution in [2.24, 2.45) is 0 Å². The van der Waals surface area contributed by atoms with Gasteiger partial charge >= 0.3 is 5.97 Å². The number of anilines is 1. The quantitative estimate of drug-likeness (QED) is 0.748. The van der Waals surface area contributed by atoms with E-state index in [1.807, 2.05) is 0 Å². The molecule has 0 heterocycles. The number of amides is 1. The van der Waals surface area contributed by atoms with Crippen molar-refractivity contribution in [3.05, 3.63) is 29.8 Å². The van der Waals surface area contributed by atoms with E-state index in [2.05, 4.69) is 10.0 Å². The highest BCUT2D eigenvalue weighted by molar-refractivity contribution is 7.92. The van der Waals surface area contributed by atoms with Crippen LogP contribution in [0.4, 0.5) is 5.69 Å². The van der Waals surface area contributed by atoms with Crippen molar-refractivity contribution in [2.45, 2.75) is 51.2 Å². The molecule has 1 amide bonds. The predicted molar refractivity (Wildman–Crippen MR) is 94.8 cm³/mol. The molecule has 0 spiro atoms. The molecule has 1 unspecified atom stereocenters. The predicted octanol–water partition coefficient (Wildman–Crippen LogP) is 2.05. The van der Waals surface area contributed by atoms with E-state index >= 15 is 0 Å². The summed E-state index contributed by atoms with van der Waals surface area (Å²) in [7, 11) is -3.53. The minimum atomic E-state index is -3.53. The number of sulfonamides is 1. The lowest BCUT2D eigenvalue weighted by atomic mass is 9.95. The summed E-state index contributed by atoms with van der Waals surface area (Å²) in [5.74, 6) is -1.09. The van der Waals surface area contributed by atoms with Crippen molar-refractivity contribution in [1.29, 1.82) is 0 Å². The van der Waals surface area contributed by atoms with E-state index in [0.717, 1.165) is 31.9 Å². The van der Waals surface area contributed by atoms with Crippen LogP contribution in [0, 0.1) is 0 Å². The van der Waals surface area contributed by atoms with Crippen molar-refractivity contribution in [3.8, 4) is 0 Å². The third-order valence-electron chi connectivity index (χ3n) is 4.05. The van der Waals surface area contributed by atoms with Crippen LogP contribution in [0.1, 0.15) is 49.4 Å². The Balaban J connectivity index is 2.00. The molecule has 8 heteroatoms. The zero-order valence-corrected chi connectivity index (χ0v) is 15.3. The molecule has 1 aliphatic carbocycles. The van der Waals surface area contributed by atoms with Crippen molar-refractivity contribution < 1.29 is 22.7 Å². The molecule has 1 aromatic carbocycles. The maximum absolute atomic E-state index is 12.3. The molecule has 0 radical (unpaired) electrons. The second-order valence-corrected chi connectivity index (χ2v) is 8.06. The van der Waals surface area contributed by atoms with Crippen LogP contribution in [0.2, 0.25) is 0 Å². The number of para-hydroxylation sites is 1. The Hall–Kier alpha value is -2.09. The van der Waals surface area contributed by atoms with E-state index in [0.29, 0.717) is 0 Å². The van der Waals surface area contributed by atoms with Crippen LogP contribution < -0.4 is 10.0 Å². The highest BCUT2D eigenvalue weighted by Gasteiger charge is 2.24. The standard InChI is InChI=1S/C17H24N2O5S/c1-12(16(20)18-13-8-4-3-5-9-13)24-17(21)14-10-6-7-11-15(14)19-25(2,22)23/h6-7,10-13,19H,3-5,8-9H2,1-2H3,(H,18,20). The summed E-state index contributed by atoms with van der Waals surface area (Å²) in [6, 6.07) is 6.23. The third kappa shape index (κ3) is 6.04. The van der Waals surface area contributed by atoms with Crippen LogP contribution in [-0.2, 0) is 19.6 Å². The van der Waals surface area contributed by atoms with Gasteiger partial charge in [0, 0.05) is 6.04 Å². The summed E-state index contributed by atoms with van der Waals surface area (Å²) in [5.41, 5.74) is 0.181. The Morgan fingerprint density at radius 1 is 1.16 bits per heavy atom. The fourth-order valence-electron chi connectivity index (χ4n) is 2.79. The first-order valence-electron chi connectivity index (χ1n) is 8.34. The largest absolute Gasteiger partial charge is 0.449 e. The molecule has 1 aromatic rings. The highest BCUT2D eigenvalue weighted by Crippen LogP contribution is 2.19. The van der Waals surface area contributed by atoms with Gasteiger partial charge in [0.2, 0.25) is 10.0 Å². The number of benzene rings is 1. The van der Waals surface area contributed by atoms with Crippen LogP contribution in [0.15, 0.2) is 24.3 Å². The number of hydrogen-bond acceptors (Lipinski definition) is 5. The topological polar surface area (TPSA) is 102 Å². The SMILES string of the molecule is CC(OC(=O)c1ccccc1NS(C)(=O)=O)C(=O)NC1CCCCC1. The van der Waals surface area contributed by atoms with Gasteiger partial charge in [0.05, 0.1) is 17.5 Å². The zero-order chi connectivity index (χ0) is 18.4. The van der Waals surface area contributed by atoms with Gasteiger partial charge in [0.15, 0.2) is 6.10 Å². The Morgan fingerprint density at radius 2 is 1.80 bits per heavy atom. The number of ether oxygens (including phenoxy) is 1. The number of carbonyl (C=O) groups excluding carboxylic acids is 2. The summed E-state index contributed by atoms with van der Waals surface area (Å²) in [6.45, 7) is 1.50. The van der Waals surface area contributed by atoms with Gasteiger partial charge in [-0.25, -0.2) is 13.2 Å². The molecule has 2 N–H and O–H groups in total. The highest BCUT2D eigenvalue weighted by atomic mass is 32.2. The van der Waals surface area contributed by atoms with E-state index in [1.54, 1.807) is 12.1 Å². The molecule has 25 heavy (non-hydrogen) atoms. The fourth-order valence-corrected chi connectivity index (χ4v) is 3.37. The van der Waals surface area contributed by atoms with E-state index in [4.69, 9.17) is 4.74 Å². The Kier molecular flexibility index (Phi) is 6.41. The van der Waals surface area contributed by atoms with E-state index in [1.165, 1.54) is 25.5 Å². The molecule has 138 valence electrons. The molecule has 1 aliphatic rings. The summed E-state index contributed by atoms with van der Waals surface area (Å²) in [5, 5.41) is 2.90. The Morgan fingerprint density at radius 3 is 2.44 bits per heavy atom. The number of carbonyl (C=O) groups is 2. The zero-order valence-electron chi connectivity index (χ0n) is 14.4. The lowest BCUT2D eigenvalue weighted by molar-refractivity contribution is -0.130. The molecular weight excluding hydrogens is 344 g/mol. The van der Waals surface area contributed by atoms with Gasteiger partial charge in [0.1, 0.15) is 0 Å². The number of rotatable bonds is 6. The summed E-state index contributed by atoms with van der Waals surface area (Å²) >= 11 is 0. The van der Waals surface area contributed by atoms with Crippen molar-refractivity contribution in [3.63, 3.8) is 0 Å². The molecule has 0 aromatic heterocycles. The van der Waals surface area contributed by atoms with Gasteiger partial charge in [-0.3, -0.25) is 9.52 Å². The van der Waals surface area contributed by atoms with Crippen LogP contribution in [0.3, 0.4) is 0 Å². The molecule has 1 atom stereocenters. The first kappa shape index (κ1) is 19.2. The number of hydrogen-bond donors (Lipinski definition) is 2. The molecule has 1 saturated carbocycles. The van der Waals surface area contributed by atoms with Crippen LogP contribution in [-0.4, -0.2) is 38.7 Å². The summed E-state index contributed by atoms with van der Waals surface area (Å²) < 4.78 is 30.3. The fraction of sp³-hybridized carbons (Fsp3) is 0.529. The number of nitrogens with one attached hydrogen (secondary N) is 2. The molecule has 1 fully saturated rings. The van der Waals surface area contributed by atoms with Crippen molar-refractivity contribution in [2.75, 3.05) is 11.0 Å². The maximum Gasteiger partial charge on any atom is 0.341 e. The monoisotopic (exact) mass is 368 g/mol. The average molecular weight is 368 g/mol. The lowest BCUT2D eigenvalue weighted by Crippen LogP contribution is -2.42. The van der Waals surface area contributed by atoms with Gasteiger partial charge in [-0.15, -0.1) is 0 Å². The van der Waals surface area contributed by atoms with Crippen molar-refractivity contribution in [1.82, 2.24) is 5.32 Å². The Bertz CT molecular complexity index is 726. The smallest absolute Gasteiger partial charge is 0.341 e. The molecule has 2 rings (SSSR count). The molecule has 7 nitrogen and oxygen atoms in total. The van der Waals surface area contributed by atoms with Gasteiger partial charge in [-0.05, 0) is 31.9 Å². The van der Waals surface area contributed by atoms with E-state index in [-0.39, 0.29) is 23.2 Å². The molecular formula is C17H24N2O5S. The van der Waals surface area contributed by atoms with Crippen LogP contribution in [0.25, 0.3) is 0 Å². The molecule has 0 aliphatic heterocycles. The van der Waals surface area contributed by atoms with Crippen LogP contribution >= 0.6 is 0 Å². The molecule has 0 bridgehead atoms. The second-order valence-electron chi connectivity index (χ2n) is 6.31. The van der Waals surface area contributed by atoms with Crippen LogP contribution in [0.5, 0.6) is 0 Å². The van der Waals surface area contributed by atoms with Gasteiger partial charge < -0.3 is 10.1 Å². The minimum absolute atomic E-state index is 0.0604. The lowest BCUT2D eigenvalue weighted by Gasteiger charge is -2.24. The minimum Gasteiger partial charge on any atom is -0.449 e. The van der Waals surface area contributed by atoms with E-state index < -0.39 is 22.1 Å². The van der Waals surface area contributed by atoms with Gasteiger partial charge in [-0.1, -0.05) is 31.4 Å². The normalized spacial score (nSPS) is 16.7. The maximum atomic E-state index is 12.3. The third-order valence-corrected chi connectivity index (χ3v) is 4.64. The summed E-state index contributed by atoms with van der Waals surface area (Å²) in [6.07, 6.45) is 5.27.